The molecule has 3 heteroatoms. The van der Waals surface area contributed by atoms with Gasteiger partial charge in [0.1, 0.15) is 0 Å². The number of hydrogen-bond acceptors (Lipinski definition) is 1. The highest BCUT2D eigenvalue weighted by Gasteiger charge is 1.90. The second kappa shape index (κ2) is 8.00. The number of rotatable bonds is 0. The number of hydrogen-bond donors (Lipinski definition) is 0. The van der Waals surface area contributed by atoms with E-state index >= 15 is 0 Å². The Balaban J connectivity index is 0.000000443. The molecule has 0 saturated heterocycles. The van der Waals surface area contributed by atoms with Gasteiger partial charge in [-0.05, 0) is 25.2 Å². The topological polar surface area (TPSA) is 12.9 Å². The average Bonchev–Trinajstić information content (AvgIpc) is 2.19. The van der Waals surface area contributed by atoms with Crippen LogP contribution in [0.25, 0.3) is 10.9 Å². The summed E-state index contributed by atoms with van der Waals surface area (Å²) in [5.41, 5.74) is 2.15. The molecule has 0 saturated carbocycles. The van der Waals surface area contributed by atoms with Crippen molar-refractivity contribution < 1.29 is 0 Å². The largest absolute Gasteiger partial charge is 0.253 e. The number of halogens is 1. The Morgan fingerprint density at radius 2 is 1.73 bits per heavy atom. The van der Waals surface area contributed by atoms with Gasteiger partial charge in [-0.3, -0.25) is 4.98 Å². The van der Waals surface area contributed by atoms with Crippen LogP contribution in [-0.2, 0) is 0 Å². The molecule has 0 bridgehead atoms. The first-order valence-corrected chi connectivity index (χ1v) is 5.62. The van der Waals surface area contributed by atoms with E-state index in [-0.39, 0.29) is 24.0 Å². The number of nitrogens with zero attached hydrogens (tertiary/aromatic N) is 1. The van der Waals surface area contributed by atoms with E-state index in [1.54, 1.807) is 0 Å². The molecule has 2 rings (SSSR count). The van der Waals surface area contributed by atoms with E-state index in [2.05, 4.69) is 33.3 Å². The first-order valence-electron chi connectivity index (χ1n) is 4.80. The number of benzene rings is 1. The zero-order valence-corrected chi connectivity index (χ0v) is 12.6. The first kappa shape index (κ1) is 14.8. The Bertz CT molecular complexity index is 403. The summed E-state index contributed by atoms with van der Waals surface area (Å²) in [6.07, 6.45) is 1.17. The van der Waals surface area contributed by atoms with Crippen molar-refractivity contribution in [3.63, 3.8) is 0 Å². The van der Waals surface area contributed by atoms with Crippen LogP contribution in [0.5, 0.6) is 0 Å². The molecule has 1 heterocycles. The predicted molar refractivity (Wildman–Crippen MR) is 82.1 cm³/mol. The van der Waals surface area contributed by atoms with Crippen molar-refractivity contribution in [1.29, 1.82) is 0 Å². The van der Waals surface area contributed by atoms with Crippen LogP contribution in [0.3, 0.4) is 0 Å². The van der Waals surface area contributed by atoms with Crippen molar-refractivity contribution in [2.45, 2.75) is 13.8 Å². The molecule has 1 atom stereocenters. The van der Waals surface area contributed by atoms with Gasteiger partial charge in [0, 0.05) is 11.1 Å². The second-order valence-electron chi connectivity index (χ2n) is 3.05. The third-order valence-electron chi connectivity index (χ3n) is 1.74. The lowest BCUT2D eigenvalue weighted by Crippen LogP contribution is -1.80. The van der Waals surface area contributed by atoms with Gasteiger partial charge in [-0.1, -0.05) is 31.2 Å². The third-order valence-corrected chi connectivity index (χ3v) is 1.74. The Morgan fingerprint density at radius 3 is 2.40 bits per heavy atom. The van der Waals surface area contributed by atoms with Gasteiger partial charge in [-0.15, -0.1) is 33.2 Å². The van der Waals surface area contributed by atoms with E-state index < -0.39 is 0 Å². The van der Waals surface area contributed by atoms with Gasteiger partial charge in [-0.2, -0.15) is 0 Å². The standard InChI is InChI=1S/C10H9N.C2H7P.HI/c1-8-6-7-9-4-2-3-5-10(9)11-8;1-2-3;/h2-7H,1H3;2-3H2,1H3;1H. The van der Waals surface area contributed by atoms with E-state index in [9.17, 15) is 0 Å². The van der Waals surface area contributed by atoms with E-state index in [1.807, 2.05) is 31.2 Å². The van der Waals surface area contributed by atoms with E-state index in [0.29, 0.717) is 0 Å². The van der Waals surface area contributed by atoms with Crippen molar-refractivity contribution in [1.82, 2.24) is 4.98 Å². The number of fused-ring (bicyclic) bond motifs is 1. The molecule has 82 valence electrons. The maximum absolute atomic E-state index is 4.38. The van der Waals surface area contributed by atoms with Gasteiger partial charge in [0.05, 0.1) is 5.52 Å². The summed E-state index contributed by atoms with van der Waals surface area (Å²) in [5, 5.41) is 1.21. The van der Waals surface area contributed by atoms with Crippen molar-refractivity contribution >= 4 is 44.1 Å². The Labute approximate surface area is 111 Å². The molecular formula is C12H17INP. The minimum atomic E-state index is 0. The van der Waals surface area contributed by atoms with Crippen molar-refractivity contribution in [2.75, 3.05) is 6.16 Å². The molecule has 0 N–H and O–H groups in total. The van der Waals surface area contributed by atoms with E-state index in [4.69, 9.17) is 0 Å². The summed E-state index contributed by atoms with van der Waals surface area (Å²) in [6, 6.07) is 12.3. The molecular weight excluding hydrogens is 316 g/mol. The van der Waals surface area contributed by atoms with E-state index in [0.717, 1.165) is 11.2 Å². The third kappa shape index (κ3) is 4.89. The lowest BCUT2D eigenvalue weighted by molar-refractivity contribution is 1.26. The summed E-state index contributed by atoms with van der Waals surface area (Å²) in [5.74, 6) is 0. The van der Waals surface area contributed by atoms with Gasteiger partial charge in [-0.25, -0.2) is 0 Å². The smallest absolute Gasteiger partial charge is 0.0705 e. The zero-order valence-electron chi connectivity index (χ0n) is 9.10. The minimum absolute atomic E-state index is 0. The van der Waals surface area contributed by atoms with Crippen LogP contribution in [0.2, 0.25) is 0 Å². The summed E-state index contributed by atoms with van der Waals surface area (Å²) in [6.45, 7) is 4.09. The summed E-state index contributed by atoms with van der Waals surface area (Å²) < 4.78 is 0. The molecule has 15 heavy (non-hydrogen) atoms. The highest BCUT2D eigenvalue weighted by Crippen LogP contribution is 2.10. The fourth-order valence-electron chi connectivity index (χ4n) is 1.17. The Kier molecular flexibility index (Phi) is 7.89. The predicted octanol–water partition coefficient (Wildman–Crippen LogP) is 4.04. The molecule has 0 aliphatic carbocycles. The first-order chi connectivity index (χ1) is 6.77. The van der Waals surface area contributed by atoms with Gasteiger partial charge in [0.25, 0.3) is 0 Å². The molecule has 0 aliphatic heterocycles. The number of pyridine rings is 1. The molecule has 1 aromatic heterocycles. The highest BCUT2D eigenvalue weighted by atomic mass is 127. The van der Waals surface area contributed by atoms with Crippen molar-refractivity contribution in [3.05, 3.63) is 42.1 Å². The maximum atomic E-state index is 4.38. The molecule has 1 unspecified atom stereocenters. The van der Waals surface area contributed by atoms with Crippen molar-refractivity contribution in [2.24, 2.45) is 0 Å². The second-order valence-corrected chi connectivity index (χ2v) is 3.87. The van der Waals surface area contributed by atoms with Crippen molar-refractivity contribution in [3.8, 4) is 0 Å². The van der Waals surface area contributed by atoms with Crippen LogP contribution < -0.4 is 0 Å². The minimum Gasteiger partial charge on any atom is -0.253 e. The van der Waals surface area contributed by atoms with Gasteiger partial charge >= 0.3 is 0 Å². The van der Waals surface area contributed by atoms with Crippen LogP contribution in [0.4, 0.5) is 0 Å². The quantitative estimate of drug-likeness (QED) is 0.524. The van der Waals surface area contributed by atoms with E-state index in [1.165, 1.54) is 11.5 Å². The lowest BCUT2D eigenvalue weighted by Gasteiger charge is -1.95. The monoisotopic (exact) mass is 333 g/mol. The molecule has 0 fully saturated rings. The maximum Gasteiger partial charge on any atom is 0.0705 e. The molecule has 2 aromatic rings. The molecule has 0 aliphatic rings. The fraction of sp³-hybridized carbons (Fsp3) is 0.250. The Morgan fingerprint density at radius 1 is 1.13 bits per heavy atom. The highest BCUT2D eigenvalue weighted by molar-refractivity contribution is 14.0. The summed E-state index contributed by atoms with van der Waals surface area (Å²) in [4.78, 5) is 4.38. The molecule has 1 aromatic carbocycles. The zero-order chi connectivity index (χ0) is 10.4. The lowest BCUT2D eigenvalue weighted by atomic mass is 10.2. The number of aromatic nitrogens is 1. The van der Waals surface area contributed by atoms with Crippen LogP contribution in [0, 0.1) is 6.92 Å². The molecule has 0 amide bonds. The summed E-state index contributed by atoms with van der Waals surface area (Å²) in [7, 11) is 2.58. The molecule has 1 nitrogen and oxygen atoms in total. The van der Waals surface area contributed by atoms with Crippen LogP contribution in [0.15, 0.2) is 36.4 Å². The van der Waals surface area contributed by atoms with Gasteiger partial charge in [0.2, 0.25) is 0 Å². The normalized spacial score (nSPS) is 8.73. The number of aryl methyl sites for hydroxylation is 1. The number of para-hydroxylation sites is 1. The van der Waals surface area contributed by atoms with Gasteiger partial charge in [0.15, 0.2) is 0 Å². The average molecular weight is 333 g/mol. The van der Waals surface area contributed by atoms with Crippen LogP contribution in [-0.4, -0.2) is 11.1 Å². The molecule has 0 radical (unpaired) electrons. The van der Waals surface area contributed by atoms with Gasteiger partial charge < -0.3 is 0 Å². The molecule has 0 spiro atoms. The SMILES string of the molecule is CCP.Cc1ccc2ccccc2n1.I. The fourth-order valence-corrected chi connectivity index (χ4v) is 1.17. The Hall–Kier alpha value is -0.210. The van der Waals surface area contributed by atoms with Crippen LogP contribution >= 0.6 is 33.2 Å². The summed E-state index contributed by atoms with van der Waals surface area (Å²) >= 11 is 0. The van der Waals surface area contributed by atoms with Crippen LogP contribution in [0.1, 0.15) is 12.6 Å².